The van der Waals surface area contributed by atoms with Gasteiger partial charge in [-0.25, -0.2) is 0 Å². The van der Waals surface area contributed by atoms with E-state index in [9.17, 15) is 0 Å². The summed E-state index contributed by atoms with van der Waals surface area (Å²) in [5.41, 5.74) is 7.71. The third-order valence-electron chi connectivity index (χ3n) is 3.57. The fourth-order valence-electron chi connectivity index (χ4n) is 2.58. The van der Waals surface area contributed by atoms with E-state index >= 15 is 0 Å². The summed E-state index contributed by atoms with van der Waals surface area (Å²) in [5.74, 6) is 0.469. The Kier molecular flexibility index (Phi) is 3.14. The maximum atomic E-state index is 6.42. The highest BCUT2D eigenvalue weighted by atomic mass is 32.1. The zero-order chi connectivity index (χ0) is 11.7. The molecule has 1 fully saturated rings. The molecule has 2 N–H and O–H groups in total. The van der Waals surface area contributed by atoms with Crippen LogP contribution in [0, 0.1) is 5.92 Å². The molecule has 1 aromatic heterocycles. The number of rotatable bonds is 2. The number of ether oxygens (including phenoxy) is 1. The molecule has 0 amide bonds. The zero-order valence-electron chi connectivity index (χ0n) is 9.76. The van der Waals surface area contributed by atoms with E-state index in [1.54, 1.807) is 11.3 Å². The topological polar surface area (TPSA) is 35.2 Å². The predicted molar refractivity (Wildman–Crippen MR) is 72.3 cm³/mol. The second-order valence-corrected chi connectivity index (χ2v) is 5.61. The lowest BCUT2D eigenvalue weighted by Crippen LogP contribution is -2.29. The Morgan fingerprint density at radius 2 is 2.29 bits per heavy atom. The van der Waals surface area contributed by atoms with E-state index < -0.39 is 0 Å². The monoisotopic (exact) mass is 247 g/mol. The van der Waals surface area contributed by atoms with Crippen LogP contribution < -0.4 is 5.73 Å². The lowest BCUT2D eigenvalue weighted by Gasteiger charge is -2.28. The van der Waals surface area contributed by atoms with Crippen LogP contribution in [0.5, 0.6) is 0 Å². The summed E-state index contributed by atoms with van der Waals surface area (Å²) in [5, 5.41) is 3.44. The summed E-state index contributed by atoms with van der Waals surface area (Å²) >= 11 is 1.79. The van der Waals surface area contributed by atoms with Crippen molar-refractivity contribution in [3.63, 3.8) is 0 Å². The van der Waals surface area contributed by atoms with Gasteiger partial charge in [-0.2, -0.15) is 0 Å². The second-order valence-electron chi connectivity index (χ2n) is 4.69. The summed E-state index contributed by atoms with van der Waals surface area (Å²) in [7, 11) is 0. The van der Waals surface area contributed by atoms with Gasteiger partial charge in [0.25, 0.3) is 0 Å². The molecule has 2 unspecified atom stereocenters. The Morgan fingerprint density at radius 3 is 3.12 bits per heavy atom. The molecule has 2 atom stereocenters. The van der Waals surface area contributed by atoms with Gasteiger partial charge in [0.1, 0.15) is 0 Å². The van der Waals surface area contributed by atoms with Crippen molar-refractivity contribution in [1.82, 2.24) is 0 Å². The minimum atomic E-state index is 0.109. The van der Waals surface area contributed by atoms with Crippen LogP contribution in [0.3, 0.4) is 0 Å². The van der Waals surface area contributed by atoms with Gasteiger partial charge in [0.2, 0.25) is 0 Å². The number of fused-ring (bicyclic) bond motifs is 1. The van der Waals surface area contributed by atoms with E-state index in [2.05, 4.69) is 29.6 Å². The van der Waals surface area contributed by atoms with Crippen LogP contribution in [0.4, 0.5) is 0 Å². The molecule has 0 aliphatic carbocycles. The highest BCUT2D eigenvalue weighted by molar-refractivity contribution is 7.17. The van der Waals surface area contributed by atoms with E-state index in [1.807, 2.05) is 0 Å². The highest BCUT2D eigenvalue weighted by Crippen LogP contribution is 2.33. The van der Waals surface area contributed by atoms with Crippen molar-refractivity contribution in [2.75, 3.05) is 13.2 Å². The van der Waals surface area contributed by atoms with Gasteiger partial charge in [-0.05, 0) is 35.2 Å². The molecule has 17 heavy (non-hydrogen) atoms. The van der Waals surface area contributed by atoms with Crippen molar-refractivity contribution in [2.45, 2.75) is 18.9 Å². The van der Waals surface area contributed by atoms with Gasteiger partial charge in [-0.1, -0.05) is 18.2 Å². The molecule has 0 saturated carbocycles. The van der Waals surface area contributed by atoms with Crippen molar-refractivity contribution in [3.05, 3.63) is 35.2 Å². The largest absolute Gasteiger partial charge is 0.381 e. The minimum absolute atomic E-state index is 0.109. The van der Waals surface area contributed by atoms with Gasteiger partial charge in [0.05, 0.1) is 6.61 Å². The van der Waals surface area contributed by atoms with Gasteiger partial charge in [0.15, 0.2) is 0 Å². The summed E-state index contributed by atoms with van der Waals surface area (Å²) in [6.45, 7) is 1.70. The van der Waals surface area contributed by atoms with Gasteiger partial charge >= 0.3 is 0 Å². The fraction of sp³-hybridized carbons (Fsp3) is 0.429. The summed E-state index contributed by atoms with van der Waals surface area (Å²) in [6, 6.07) is 8.69. The molecule has 3 rings (SSSR count). The van der Waals surface area contributed by atoms with Gasteiger partial charge in [0, 0.05) is 23.3 Å². The number of nitrogens with two attached hydrogens (primary N) is 1. The highest BCUT2D eigenvalue weighted by Gasteiger charge is 2.23. The maximum absolute atomic E-state index is 6.42. The third kappa shape index (κ3) is 2.10. The fourth-order valence-corrected chi connectivity index (χ4v) is 3.54. The maximum Gasteiger partial charge on any atom is 0.0512 e. The first-order valence-electron chi connectivity index (χ1n) is 6.16. The number of hydrogen-bond acceptors (Lipinski definition) is 3. The smallest absolute Gasteiger partial charge is 0.0512 e. The van der Waals surface area contributed by atoms with Crippen LogP contribution in [0.1, 0.15) is 24.4 Å². The van der Waals surface area contributed by atoms with E-state index in [0.717, 1.165) is 19.6 Å². The molecule has 2 aromatic rings. The van der Waals surface area contributed by atoms with Crippen LogP contribution in [0.15, 0.2) is 29.6 Å². The zero-order valence-corrected chi connectivity index (χ0v) is 10.6. The van der Waals surface area contributed by atoms with E-state index in [0.29, 0.717) is 5.92 Å². The average Bonchev–Trinajstić information content (AvgIpc) is 2.87. The quantitative estimate of drug-likeness (QED) is 0.883. The molecule has 2 heterocycles. The van der Waals surface area contributed by atoms with Crippen LogP contribution in [0.25, 0.3) is 10.1 Å². The third-order valence-corrected chi connectivity index (χ3v) is 4.55. The second kappa shape index (κ2) is 4.77. The Bertz CT molecular complexity index is 502. The molecule has 90 valence electrons. The normalized spacial score (nSPS) is 22.8. The van der Waals surface area contributed by atoms with Crippen molar-refractivity contribution < 1.29 is 4.74 Å². The molecular formula is C14H17NOS. The van der Waals surface area contributed by atoms with Crippen LogP contribution in [-0.4, -0.2) is 13.2 Å². The minimum Gasteiger partial charge on any atom is -0.381 e. The Hall–Kier alpha value is -0.900. The van der Waals surface area contributed by atoms with Gasteiger partial charge < -0.3 is 10.5 Å². The Labute approximate surface area is 105 Å². The molecule has 1 aliphatic heterocycles. The number of benzene rings is 1. The first kappa shape index (κ1) is 11.2. The number of hydrogen-bond donors (Lipinski definition) is 1. The molecule has 1 saturated heterocycles. The molecule has 3 heteroatoms. The molecule has 0 bridgehead atoms. The van der Waals surface area contributed by atoms with Crippen molar-refractivity contribution in [3.8, 4) is 0 Å². The van der Waals surface area contributed by atoms with Crippen molar-refractivity contribution >= 4 is 21.4 Å². The summed E-state index contributed by atoms with van der Waals surface area (Å²) in [4.78, 5) is 0. The van der Waals surface area contributed by atoms with Crippen LogP contribution in [0.2, 0.25) is 0 Å². The van der Waals surface area contributed by atoms with Crippen molar-refractivity contribution in [2.24, 2.45) is 11.7 Å². The lowest BCUT2D eigenvalue weighted by atomic mass is 9.89. The predicted octanol–water partition coefficient (Wildman–Crippen LogP) is 3.33. The standard InChI is InChI=1S/C14H17NOS/c15-13(11-4-2-7-16-9-11)12-5-1-3-10-6-8-17-14(10)12/h1,3,5-6,8,11,13H,2,4,7,9,15H2. The first-order valence-corrected chi connectivity index (χ1v) is 7.03. The van der Waals surface area contributed by atoms with Gasteiger partial charge in [-0.3, -0.25) is 0 Å². The lowest BCUT2D eigenvalue weighted by molar-refractivity contribution is 0.0450. The average molecular weight is 247 g/mol. The van der Waals surface area contributed by atoms with E-state index in [4.69, 9.17) is 10.5 Å². The summed E-state index contributed by atoms with van der Waals surface area (Å²) in [6.07, 6.45) is 2.32. The van der Waals surface area contributed by atoms with Gasteiger partial charge in [-0.15, -0.1) is 11.3 Å². The molecule has 0 radical (unpaired) electrons. The summed E-state index contributed by atoms with van der Waals surface area (Å²) < 4.78 is 6.88. The van der Waals surface area contributed by atoms with E-state index in [1.165, 1.54) is 22.1 Å². The molecular weight excluding hydrogens is 230 g/mol. The van der Waals surface area contributed by atoms with E-state index in [-0.39, 0.29) is 6.04 Å². The van der Waals surface area contributed by atoms with Crippen molar-refractivity contribution in [1.29, 1.82) is 0 Å². The molecule has 1 aliphatic rings. The Morgan fingerprint density at radius 1 is 1.35 bits per heavy atom. The SMILES string of the molecule is NC(c1cccc2ccsc12)C1CCCOC1. The van der Waals surface area contributed by atoms with Crippen LogP contribution >= 0.6 is 11.3 Å². The Balaban J connectivity index is 1.94. The molecule has 0 spiro atoms. The first-order chi connectivity index (χ1) is 8.36. The molecule has 2 nitrogen and oxygen atoms in total. The number of thiophene rings is 1. The van der Waals surface area contributed by atoms with Crippen LogP contribution in [-0.2, 0) is 4.74 Å². The molecule has 1 aromatic carbocycles.